The van der Waals surface area contributed by atoms with Crippen LogP contribution >= 0.6 is 12.4 Å². The van der Waals surface area contributed by atoms with Gasteiger partial charge in [-0.3, -0.25) is 0 Å². The monoisotopic (exact) mass is 295 g/mol. The van der Waals surface area contributed by atoms with Crippen molar-refractivity contribution in [2.45, 2.75) is 50.7 Å². The minimum Gasteiger partial charge on any atom is -0.374 e. The Morgan fingerprint density at radius 1 is 1.15 bits per heavy atom. The van der Waals surface area contributed by atoms with Crippen LogP contribution in [-0.4, -0.2) is 31.6 Å². The third-order valence-corrected chi connectivity index (χ3v) is 4.75. The van der Waals surface area contributed by atoms with Crippen LogP contribution in [-0.2, 0) is 17.6 Å². The number of nitrogens with zero attached hydrogens (tertiary/aromatic N) is 1. The van der Waals surface area contributed by atoms with Crippen LogP contribution < -0.4 is 0 Å². The van der Waals surface area contributed by atoms with E-state index in [1.54, 1.807) is 11.1 Å². The van der Waals surface area contributed by atoms with Gasteiger partial charge in [-0.15, -0.1) is 12.4 Å². The molecule has 20 heavy (non-hydrogen) atoms. The summed E-state index contributed by atoms with van der Waals surface area (Å²) in [5.74, 6) is 0. The fourth-order valence-corrected chi connectivity index (χ4v) is 3.53. The molecule has 0 radical (unpaired) electrons. The Kier molecular flexibility index (Phi) is 5.48. The summed E-state index contributed by atoms with van der Waals surface area (Å²) in [6.45, 7) is 0.936. The molecule has 2 nitrogen and oxygen atoms in total. The van der Waals surface area contributed by atoms with Gasteiger partial charge in [-0.05, 0) is 69.3 Å². The van der Waals surface area contributed by atoms with Gasteiger partial charge in [0.15, 0.2) is 0 Å². The number of rotatable bonds is 2. The average molecular weight is 296 g/mol. The van der Waals surface area contributed by atoms with Crippen molar-refractivity contribution in [1.29, 1.82) is 0 Å². The number of fused-ring (bicyclic) bond motifs is 1. The first-order chi connectivity index (χ1) is 9.25. The predicted octanol–water partition coefficient (Wildman–Crippen LogP) is 3.77. The number of likely N-dealkylation sites (N-methyl/N-ethyl adjacent to an activating group) is 1. The van der Waals surface area contributed by atoms with Crippen molar-refractivity contribution < 1.29 is 4.74 Å². The highest BCUT2D eigenvalue weighted by molar-refractivity contribution is 5.85. The number of benzene rings is 1. The highest BCUT2D eigenvalue weighted by Crippen LogP contribution is 2.35. The quantitative estimate of drug-likeness (QED) is 0.823. The Bertz CT molecular complexity index is 441. The second-order valence-corrected chi connectivity index (χ2v) is 6.20. The maximum atomic E-state index is 6.01. The van der Waals surface area contributed by atoms with Gasteiger partial charge < -0.3 is 9.64 Å². The lowest BCUT2D eigenvalue weighted by molar-refractivity contribution is 0.0141. The topological polar surface area (TPSA) is 12.5 Å². The fourth-order valence-electron chi connectivity index (χ4n) is 3.53. The van der Waals surface area contributed by atoms with E-state index in [1.165, 1.54) is 44.1 Å². The number of hydrogen-bond acceptors (Lipinski definition) is 2. The number of aryl methyl sites for hydroxylation is 1. The van der Waals surface area contributed by atoms with Crippen molar-refractivity contribution in [3.8, 4) is 0 Å². The van der Waals surface area contributed by atoms with Crippen molar-refractivity contribution in [2.24, 2.45) is 0 Å². The molecule has 1 aromatic carbocycles. The van der Waals surface area contributed by atoms with Crippen molar-refractivity contribution in [1.82, 2.24) is 4.90 Å². The molecule has 0 spiro atoms. The molecule has 0 aromatic heterocycles. The summed E-state index contributed by atoms with van der Waals surface area (Å²) in [7, 11) is 4.41. The summed E-state index contributed by atoms with van der Waals surface area (Å²) in [6, 6.07) is 7.53. The van der Waals surface area contributed by atoms with Crippen LogP contribution in [0.5, 0.6) is 0 Å². The molecule has 0 unspecified atom stereocenters. The van der Waals surface area contributed by atoms with Crippen molar-refractivity contribution in [2.75, 3.05) is 20.7 Å². The molecule has 2 aliphatic rings. The average Bonchev–Trinajstić information content (AvgIpc) is 2.47. The van der Waals surface area contributed by atoms with Gasteiger partial charge in [-0.1, -0.05) is 18.2 Å². The standard InChI is InChI=1S/C17H25NO.ClH/c1-18(2)14-10-9-13-6-5-7-15(16(13)12-14)17-8-3-4-11-19-17;/h5-7,14,17H,3-4,8-12H2,1-2H3;1H/t14-,17-;/m1./s1. The van der Waals surface area contributed by atoms with E-state index in [2.05, 4.69) is 37.2 Å². The normalized spacial score (nSPS) is 25.9. The zero-order valence-corrected chi connectivity index (χ0v) is 13.4. The third-order valence-electron chi connectivity index (χ3n) is 4.75. The van der Waals surface area contributed by atoms with Crippen LogP contribution in [0.1, 0.15) is 48.5 Å². The summed E-state index contributed by atoms with van der Waals surface area (Å²) in [6.07, 6.45) is 7.79. The molecule has 1 fully saturated rings. The summed E-state index contributed by atoms with van der Waals surface area (Å²) in [4.78, 5) is 2.38. The Morgan fingerprint density at radius 3 is 2.70 bits per heavy atom. The van der Waals surface area contributed by atoms with E-state index in [0.29, 0.717) is 12.1 Å². The van der Waals surface area contributed by atoms with Crippen LogP contribution in [0.3, 0.4) is 0 Å². The van der Waals surface area contributed by atoms with Gasteiger partial charge in [0.05, 0.1) is 6.10 Å². The molecule has 1 aliphatic carbocycles. The van der Waals surface area contributed by atoms with E-state index in [1.807, 2.05) is 0 Å². The van der Waals surface area contributed by atoms with Gasteiger partial charge in [0.2, 0.25) is 0 Å². The molecule has 2 atom stereocenters. The van der Waals surface area contributed by atoms with Gasteiger partial charge >= 0.3 is 0 Å². The number of hydrogen-bond donors (Lipinski definition) is 0. The highest BCUT2D eigenvalue weighted by Gasteiger charge is 2.26. The lowest BCUT2D eigenvalue weighted by atomic mass is 9.82. The third kappa shape index (κ3) is 3.19. The zero-order valence-electron chi connectivity index (χ0n) is 12.6. The van der Waals surface area contributed by atoms with Crippen LogP contribution in [0, 0.1) is 0 Å². The van der Waals surface area contributed by atoms with E-state index >= 15 is 0 Å². The maximum absolute atomic E-state index is 6.01. The van der Waals surface area contributed by atoms with Crippen LogP contribution in [0.4, 0.5) is 0 Å². The van der Waals surface area contributed by atoms with E-state index < -0.39 is 0 Å². The minimum absolute atomic E-state index is 0. The molecular formula is C17H26ClNO. The first kappa shape index (κ1) is 15.8. The molecule has 3 heteroatoms. The summed E-state index contributed by atoms with van der Waals surface area (Å²) >= 11 is 0. The number of halogens is 1. The SMILES string of the molecule is CN(C)[C@@H]1CCc2cccc([C@H]3CCCCO3)c2C1.Cl. The van der Waals surface area contributed by atoms with Gasteiger partial charge in [-0.2, -0.15) is 0 Å². The largest absolute Gasteiger partial charge is 0.374 e. The van der Waals surface area contributed by atoms with Crippen LogP contribution in [0.2, 0.25) is 0 Å². The Labute approximate surface area is 128 Å². The molecule has 112 valence electrons. The second-order valence-electron chi connectivity index (χ2n) is 6.20. The summed E-state index contributed by atoms with van der Waals surface area (Å²) < 4.78 is 6.01. The molecule has 1 aliphatic heterocycles. The van der Waals surface area contributed by atoms with Crippen molar-refractivity contribution in [3.05, 3.63) is 34.9 Å². The molecule has 3 rings (SSSR count). The molecule has 1 saturated heterocycles. The summed E-state index contributed by atoms with van der Waals surface area (Å²) in [5, 5.41) is 0. The molecule has 0 amide bonds. The minimum atomic E-state index is 0. The van der Waals surface area contributed by atoms with E-state index in [-0.39, 0.29) is 12.4 Å². The lowest BCUT2D eigenvalue weighted by Crippen LogP contribution is -2.34. The van der Waals surface area contributed by atoms with E-state index in [4.69, 9.17) is 4.74 Å². The Balaban J connectivity index is 0.00000147. The maximum Gasteiger partial charge on any atom is 0.0827 e. The Hall–Kier alpha value is -0.570. The molecular weight excluding hydrogens is 270 g/mol. The Morgan fingerprint density at radius 2 is 2.00 bits per heavy atom. The van der Waals surface area contributed by atoms with Gasteiger partial charge in [0.25, 0.3) is 0 Å². The fraction of sp³-hybridized carbons (Fsp3) is 0.647. The molecule has 1 aromatic rings. The van der Waals surface area contributed by atoms with Gasteiger partial charge in [-0.25, -0.2) is 0 Å². The molecule has 1 heterocycles. The molecule has 0 saturated carbocycles. The summed E-state index contributed by atoms with van der Waals surface area (Å²) in [5.41, 5.74) is 4.62. The van der Waals surface area contributed by atoms with Crippen molar-refractivity contribution >= 4 is 12.4 Å². The lowest BCUT2D eigenvalue weighted by Gasteiger charge is -2.33. The second kappa shape index (κ2) is 6.93. The first-order valence-corrected chi connectivity index (χ1v) is 7.64. The van der Waals surface area contributed by atoms with Gasteiger partial charge in [0.1, 0.15) is 0 Å². The highest BCUT2D eigenvalue weighted by atomic mass is 35.5. The number of ether oxygens (including phenoxy) is 1. The predicted molar refractivity (Wildman–Crippen MR) is 85.7 cm³/mol. The molecule has 0 N–H and O–H groups in total. The van der Waals surface area contributed by atoms with Crippen LogP contribution in [0.15, 0.2) is 18.2 Å². The van der Waals surface area contributed by atoms with Gasteiger partial charge in [0, 0.05) is 12.6 Å². The molecule has 0 bridgehead atoms. The van der Waals surface area contributed by atoms with E-state index in [9.17, 15) is 0 Å². The smallest absolute Gasteiger partial charge is 0.0827 e. The zero-order chi connectivity index (χ0) is 13.2. The van der Waals surface area contributed by atoms with Crippen molar-refractivity contribution in [3.63, 3.8) is 0 Å². The van der Waals surface area contributed by atoms with E-state index in [0.717, 1.165) is 6.61 Å². The van der Waals surface area contributed by atoms with Crippen LogP contribution in [0.25, 0.3) is 0 Å². The first-order valence-electron chi connectivity index (χ1n) is 7.64.